The lowest BCUT2D eigenvalue weighted by atomic mass is 9.93. The van der Waals surface area contributed by atoms with Crippen LogP contribution in [-0.2, 0) is 25.1 Å². The Morgan fingerprint density at radius 1 is 0.881 bits per heavy atom. The smallest absolute Gasteiger partial charge is 0.251 e. The number of aliphatic hydroxyl groups is 1. The average molecular weight is 571 g/mol. The van der Waals surface area contributed by atoms with Gasteiger partial charge in [0.1, 0.15) is 35.7 Å². The Morgan fingerprint density at radius 3 is 2.31 bits per heavy atom. The molecule has 2 N–H and O–H groups in total. The Morgan fingerprint density at radius 2 is 1.60 bits per heavy atom. The van der Waals surface area contributed by atoms with Gasteiger partial charge in [-0.25, -0.2) is 22.8 Å². The fraction of sp³-hybridized carbons (Fsp3) is 0.161. The van der Waals surface area contributed by atoms with Gasteiger partial charge in [0.25, 0.3) is 5.91 Å². The van der Waals surface area contributed by atoms with E-state index in [4.69, 9.17) is 0 Å². The molecular formula is C31H25F3N6O2. The van der Waals surface area contributed by atoms with Crippen LogP contribution in [0, 0.1) is 29.3 Å². The van der Waals surface area contributed by atoms with Gasteiger partial charge in [-0.15, -0.1) is 0 Å². The number of halogens is 3. The van der Waals surface area contributed by atoms with Crippen molar-refractivity contribution in [2.45, 2.75) is 25.1 Å². The van der Waals surface area contributed by atoms with Crippen LogP contribution in [0.2, 0.25) is 0 Å². The van der Waals surface area contributed by atoms with E-state index >= 15 is 0 Å². The number of carbonyl (C=O) groups is 1. The summed E-state index contributed by atoms with van der Waals surface area (Å²) in [6.07, 6.45) is 6.37. The standard InChI is InChI=1S/C31H25F3N6O2/c32-26-9-5-23(6-10-26)13-14-36-30(41)25-7-3-22(4-8-25)1-2-24-16-37-39(17-24)18-31(42,19-40-21-35-20-38-40)28-12-11-27(33)15-29(28)34/h3-12,15-17,20-21,42H,13-14,18-19H2,(H,36,41). The summed E-state index contributed by atoms with van der Waals surface area (Å²) in [5.74, 6) is 3.81. The molecule has 2 aromatic heterocycles. The normalized spacial score (nSPS) is 12.3. The Kier molecular flexibility index (Phi) is 8.45. The van der Waals surface area contributed by atoms with Crippen LogP contribution < -0.4 is 5.32 Å². The molecule has 11 heteroatoms. The van der Waals surface area contributed by atoms with E-state index in [9.17, 15) is 23.1 Å². The second-order valence-electron chi connectivity index (χ2n) is 9.64. The molecule has 5 aromatic rings. The number of hydrogen-bond donors (Lipinski definition) is 2. The zero-order valence-electron chi connectivity index (χ0n) is 22.2. The SMILES string of the molecule is O=C(NCCc1ccc(F)cc1)c1ccc(C#Cc2cnn(CC(O)(Cn3cncn3)c3ccc(F)cc3F)c2)cc1. The summed E-state index contributed by atoms with van der Waals surface area (Å²) in [4.78, 5) is 16.3. The number of aromatic nitrogens is 5. The van der Waals surface area contributed by atoms with Crippen LogP contribution in [0.4, 0.5) is 13.2 Å². The first-order chi connectivity index (χ1) is 20.3. The molecule has 0 spiro atoms. The Bertz CT molecular complexity index is 1730. The minimum Gasteiger partial charge on any atom is -0.381 e. The number of rotatable bonds is 9. The molecule has 0 saturated carbocycles. The zero-order chi connectivity index (χ0) is 29.5. The minimum atomic E-state index is -1.82. The summed E-state index contributed by atoms with van der Waals surface area (Å²) >= 11 is 0. The van der Waals surface area contributed by atoms with Gasteiger partial charge in [-0.05, 0) is 54.4 Å². The molecule has 0 aliphatic heterocycles. The summed E-state index contributed by atoms with van der Waals surface area (Å²) in [6, 6.07) is 15.9. The van der Waals surface area contributed by atoms with Crippen LogP contribution in [0.5, 0.6) is 0 Å². The topological polar surface area (TPSA) is 97.9 Å². The third-order valence-electron chi connectivity index (χ3n) is 6.49. The van der Waals surface area contributed by atoms with Crippen molar-refractivity contribution < 1.29 is 23.1 Å². The molecule has 2 heterocycles. The largest absolute Gasteiger partial charge is 0.381 e. The number of hydrogen-bond acceptors (Lipinski definition) is 5. The predicted molar refractivity (Wildman–Crippen MR) is 147 cm³/mol. The van der Waals surface area contributed by atoms with E-state index in [1.165, 1.54) is 46.4 Å². The molecular weight excluding hydrogens is 545 g/mol. The number of nitrogens with one attached hydrogen (secondary N) is 1. The maximum absolute atomic E-state index is 14.7. The molecule has 0 radical (unpaired) electrons. The highest BCUT2D eigenvalue weighted by atomic mass is 19.1. The maximum atomic E-state index is 14.7. The fourth-order valence-corrected chi connectivity index (χ4v) is 4.37. The lowest BCUT2D eigenvalue weighted by molar-refractivity contribution is -0.00847. The molecule has 5 rings (SSSR count). The van der Waals surface area contributed by atoms with Crippen molar-refractivity contribution in [2.24, 2.45) is 0 Å². The summed E-state index contributed by atoms with van der Waals surface area (Å²) < 4.78 is 44.0. The summed E-state index contributed by atoms with van der Waals surface area (Å²) in [6.45, 7) is 0.0996. The monoisotopic (exact) mass is 570 g/mol. The van der Waals surface area contributed by atoms with Gasteiger partial charge >= 0.3 is 0 Å². The van der Waals surface area contributed by atoms with Crippen molar-refractivity contribution in [3.8, 4) is 11.8 Å². The van der Waals surface area contributed by atoms with Crippen LogP contribution in [-0.4, -0.2) is 42.1 Å². The van der Waals surface area contributed by atoms with Gasteiger partial charge in [0.2, 0.25) is 0 Å². The number of benzene rings is 3. The Balaban J connectivity index is 1.23. The van der Waals surface area contributed by atoms with Gasteiger partial charge in [-0.2, -0.15) is 10.2 Å². The third-order valence-corrected chi connectivity index (χ3v) is 6.49. The van der Waals surface area contributed by atoms with Crippen molar-refractivity contribution in [1.29, 1.82) is 0 Å². The van der Waals surface area contributed by atoms with E-state index in [1.54, 1.807) is 42.6 Å². The first kappa shape index (κ1) is 28.3. The van der Waals surface area contributed by atoms with E-state index in [0.29, 0.717) is 35.7 Å². The highest BCUT2D eigenvalue weighted by Gasteiger charge is 2.34. The van der Waals surface area contributed by atoms with Crippen LogP contribution in [0.15, 0.2) is 91.8 Å². The van der Waals surface area contributed by atoms with Gasteiger partial charge in [-0.1, -0.05) is 30.0 Å². The minimum absolute atomic E-state index is 0.109. The fourth-order valence-electron chi connectivity index (χ4n) is 4.37. The van der Waals surface area contributed by atoms with Gasteiger partial charge < -0.3 is 10.4 Å². The van der Waals surface area contributed by atoms with Crippen molar-refractivity contribution in [1.82, 2.24) is 29.9 Å². The molecule has 0 aliphatic carbocycles. The summed E-state index contributed by atoms with van der Waals surface area (Å²) in [7, 11) is 0. The number of nitrogens with zero attached hydrogens (tertiary/aromatic N) is 5. The predicted octanol–water partition coefficient (Wildman–Crippen LogP) is 3.85. The maximum Gasteiger partial charge on any atom is 0.251 e. The quantitative estimate of drug-likeness (QED) is 0.263. The molecule has 3 aromatic carbocycles. The molecule has 1 atom stereocenters. The Hall–Kier alpha value is -5.21. The van der Waals surface area contributed by atoms with Crippen molar-refractivity contribution >= 4 is 5.91 Å². The second-order valence-corrected chi connectivity index (χ2v) is 9.64. The van der Waals surface area contributed by atoms with Gasteiger partial charge in [-0.3, -0.25) is 9.48 Å². The molecule has 0 aliphatic rings. The number of carbonyl (C=O) groups excluding carboxylic acids is 1. The highest BCUT2D eigenvalue weighted by Crippen LogP contribution is 2.28. The highest BCUT2D eigenvalue weighted by molar-refractivity contribution is 5.94. The van der Waals surface area contributed by atoms with Gasteiger partial charge in [0.15, 0.2) is 0 Å². The second kappa shape index (κ2) is 12.5. The third kappa shape index (κ3) is 7.10. The first-order valence-electron chi connectivity index (χ1n) is 12.9. The Labute approximate surface area is 239 Å². The molecule has 0 fully saturated rings. The molecule has 1 unspecified atom stereocenters. The lowest BCUT2D eigenvalue weighted by Crippen LogP contribution is -2.37. The van der Waals surface area contributed by atoms with E-state index in [1.807, 2.05) is 0 Å². The van der Waals surface area contributed by atoms with Crippen LogP contribution in [0.3, 0.4) is 0 Å². The summed E-state index contributed by atoms with van der Waals surface area (Å²) in [5.41, 5.74) is 0.682. The zero-order valence-corrected chi connectivity index (χ0v) is 22.2. The van der Waals surface area contributed by atoms with E-state index in [2.05, 4.69) is 32.3 Å². The van der Waals surface area contributed by atoms with Gasteiger partial charge in [0, 0.05) is 35.5 Å². The number of amides is 1. The van der Waals surface area contributed by atoms with E-state index in [-0.39, 0.29) is 30.4 Å². The van der Waals surface area contributed by atoms with Crippen molar-refractivity contribution in [3.63, 3.8) is 0 Å². The summed E-state index contributed by atoms with van der Waals surface area (Å²) in [5, 5.41) is 22.6. The van der Waals surface area contributed by atoms with Crippen molar-refractivity contribution in [2.75, 3.05) is 6.54 Å². The molecule has 0 bridgehead atoms. The van der Waals surface area contributed by atoms with E-state index in [0.717, 1.165) is 11.6 Å². The van der Waals surface area contributed by atoms with Gasteiger partial charge in [0.05, 0.1) is 24.8 Å². The average Bonchev–Trinajstić information content (AvgIpc) is 3.65. The van der Waals surface area contributed by atoms with Crippen molar-refractivity contribution in [3.05, 3.63) is 137 Å². The molecule has 8 nitrogen and oxygen atoms in total. The molecule has 212 valence electrons. The molecule has 1 amide bonds. The molecule has 42 heavy (non-hydrogen) atoms. The molecule has 0 saturated heterocycles. The van der Waals surface area contributed by atoms with Crippen LogP contribution in [0.1, 0.15) is 32.6 Å². The first-order valence-corrected chi connectivity index (χ1v) is 12.9. The van der Waals surface area contributed by atoms with Crippen LogP contribution in [0.25, 0.3) is 0 Å². The van der Waals surface area contributed by atoms with Crippen LogP contribution >= 0.6 is 0 Å². The van der Waals surface area contributed by atoms with E-state index < -0.39 is 17.2 Å². The lowest BCUT2D eigenvalue weighted by Gasteiger charge is -2.28.